The van der Waals surface area contributed by atoms with Crippen molar-refractivity contribution in [1.29, 1.82) is 0 Å². The Kier molecular flexibility index (Phi) is 11.5. The second kappa shape index (κ2) is 15.2. The molecule has 0 saturated carbocycles. The summed E-state index contributed by atoms with van der Waals surface area (Å²) in [5, 5.41) is 1.75. The number of anilines is 1. The van der Waals surface area contributed by atoms with E-state index in [1.807, 2.05) is 24.3 Å². The second-order valence-corrected chi connectivity index (χ2v) is 10.9. The maximum Gasteiger partial charge on any atom is 0.314 e. The molecular weight excluding hydrogens is 516 g/mol. The molecule has 0 bridgehead atoms. The lowest BCUT2D eigenvalue weighted by atomic mass is 10.1. The molecule has 10 heteroatoms. The molecule has 3 saturated heterocycles. The summed E-state index contributed by atoms with van der Waals surface area (Å²) in [6.07, 6.45) is 9.73. The second-order valence-electron chi connectivity index (χ2n) is 10.5. The number of benzene rings is 1. The molecule has 214 valence electrons. The number of piperazine rings is 1. The summed E-state index contributed by atoms with van der Waals surface area (Å²) < 4.78 is 5.35. The van der Waals surface area contributed by atoms with Gasteiger partial charge in [-0.3, -0.25) is 14.7 Å². The predicted molar refractivity (Wildman–Crippen MR) is 156 cm³/mol. The number of urea groups is 1. The lowest BCUT2D eigenvalue weighted by Crippen LogP contribution is -2.50. The van der Waals surface area contributed by atoms with Crippen LogP contribution in [0.5, 0.6) is 0 Å². The molecule has 2 aromatic rings. The fourth-order valence-corrected chi connectivity index (χ4v) is 5.65. The molecule has 0 radical (unpaired) electrons. The van der Waals surface area contributed by atoms with Crippen molar-refractivity contribution in [3.63, 3.8) is 0 Å². The maximum absolute atomic E-state index is 12.1. The van der Waals surface area contributed by atoms with Crippen LogP contribution >= 0.6 is 11.6 Å². The number of hydrogen-bond donors (Lipinski definition) is 1. The summed E-state index contributed by atoms with van der Waals surface area (Å²) in [5.41, 5.74) is 7.31. The molecule has 9 nitrogen and oxygen atoms in total. The molecule has 2 N–H and O–H groups in total. The van der Waals surface area contributed by atoms with Gasteiger partial charge < -0.3 is 25.2 Å². The molecule has 0 atom stereocenters. The standard InChI is InChI=1S/C15H28N2O2.C14H15ClN4O/c18-15-7-4-2-1-3-5-9-17(15)10-6-8-16-11-13-19-14-12-16;15-10-1-2-11-12(9-10)17-4-3-13(11)18-5-7-19(8-6-18)14(16)20/h1-14H2;1-4,9H,5-8H2,(H2,16,20). The maximum atomic E-state index is 12.1. The monoisotopic (exact) mass is 558 g/mol. The van der Waals surface area contributed by atoms with Crippen LogP contribution in [0.2, 0.25) is 5.02 Å². The highest BCUT2D eigenvalue weighted by Gasteiger charge is 2.21. The van der Waals surface area contributed by atoms with Gasteiger partial charge in [0, 0.05) is 87.6 Å². The summed E-state index contributed by atoms with van der Waals surface area (Å²) in [4.78, 5) is 36.1. The van der Waals surface area contributed by atoms with E-state index in [2.05, 4.69) is 19.7 Å². The van der Waals surface area contributed by atoms with Crippen molar-refractivity contribution in [3.8, 4) is 0 Å². The van der Waals surface area contributed by atoms with E-state index in [0.717, 1.165) is 94.9 Å². The van der Waals surface area contributed by atoms with Crippen molar-refractivity contribution in [2.45, 2.75) is 44.9 Å². The van der Waals surface area contributed by atoms with Crippen LogP contribution in [-0.2, 0) is 9.53 Å². The van der Waals surface area contributed by atoms with E-state index in [9.17, 15) is 9.59 Å². The quantitative estimate of drug-likeness (QED) is 0.596. The normalized spacial score (nSPS) is 19.6. The topological polar surface area (TPSA) is 95.2 Å². The van der Waals surface area contributed by atoms with Gasteiger partial charge in [-0.15, -0.1) is 0 Å². The predicted octanol–water partition coefficient (Wildman–Crippen LogP) is 3.98. The Hall–Kier alpha value is -2.62. The first-order valence-corrected chi connectivity index (χ1v) is 14.8. The smallest absolute Gasteiger partial charge is 0.314 e. The molecule has 3 aliphatic heterocycles. The third kappa shape index (κ3) is 8.95. The highest BCUT2D eigenvalue weighted by Crippen LogP contribution is 2.28. The van der Waals surface area contributed by atoms with E-state index in [4.69, 9.17) is 22.1 Å². The van der Waals surface area contributed by atoms with E-state index in [1.165, 1.54) is 25.7 Å². The molecule has 39 heavy (non-hydrogen) atoms. The first-order chi connectivity index (χ1) is 19.0. The number of halogens is 1. The number of primary amides is 1. The van der Waals surface area contributed by atoms with E-state index in [-0.39, 0.29) is 6.03 Å². The minimum Gasteiger partial charge on any atom is -0.379 e. The number of aromatic nitrogens is 1. The molecule has 0 aliphatic carbocycles. The number of hydrogen-bond acceptors (Lipinski definition) is 6. The number of ether oxygens (including phenoxy) is 1. The Bertz CT molecular complexity index is 1070. The van der Waals surface area contributed by atoms with Crippen molar-refractivity contribution in [3.05, 3.63) is 35.5 Å². The van der Waals surface area contributed by atoms with Crippen LogP contribution < -0.4 is 10.6 Å². The SMILES string of the molecule is NC(=O)N1CCN(c2ccnc3cc(Cl)ccc23)CC1.O=C1CCCCCCCN1CCCN1CCOCC1. The molecule has 3 aliphatic rings. The third-order valence-corrected chi connectivity index (χ3v) is 8.03. The number of fused-ring (bicyclic) bond motifs is 1. The zero-order valence-electron chi connectivity index (χ0n) is 23.0. The van der Waals surface area contributed by atoms with E-state index in [0.29, 0.717) is 24.0 Å². The number of pyridine rings is 1. The van der Waals surface area contributed by atoms with Crippen LogP contribution in [0, 0.1) is 0 Å². The highest BCUT2D eigenvalue weighted by atomic mass is 35.5. The number of nitrogens with two attached hydrogens (primary N) is 1. The van der Waals surface area contributed by atoms with Gasteiger partial charge in [0.25, 0.3) is 0 Å². The summed E-state index contributed by atoms with van der Waals surface area (Å²) in [6.45, 7) is 9.67. The zero-order chi connectivity index (χ0) is 27.5. The Morgan fingerprint density at radius 2 is 1.67 bits per heavy atom. The number of nitrogens with zero attached hydrogens (tertiary/aromatic N) is 5. The lowest BCUT2D eigenvalue weighted by molar-refractivity contribution is -0.131. The molecule has 4 heterocycles. The van der Waals surface area contributed by atoms with Crippen molar-refractivity contribution >= 4 is 40.1 Å². The molecule has 1 aromatic heterocycles. The van der Waals surface area contributed by atoms with Crippen LogP contribution in [0.4, 0.5) is 10.5 Å². The minimum atomic E-state index is -0.351. The van der Waals surface area contributed by atoms with Gasteiger partial charge in [-0.2, -0.15) is 0 Å². The van der Waals surface area contributed by atoms with Crippen molar-refractivity contribution < 1.29 is 14.3 Å². The molecule has 3 amide bonds. The van der Waals surface area contributed by atoms with Crippen molar-refractivity contribution in [2.75, 3.05) is 77.0 Å². The number of morpholine rings is 1. The molecule has 5 rings (SSSR count). The fraction of sp³-hybridized carbons (Fsp3) is 0.621. The summed E-state index contributed by atoms with van der Waals surface area (Å²) in [7, 11) is 0. The Labute approximate surface area is 237 Å². The van der Waals surface area contributed by atoms with Gasteiger partial charge in [0.2, 0.25) is 5.91 Å². The highest BCUT2D eigenvalue weighted by molar-refractivity contribution is 6.31. The van der Waals surface area contributed by atoms with Gasteiger partial charge in [-0.25, -0.2) is 4.79 Å². The number of rotatable bonds is 5. The molecule has 3 fully saturated rings. The molecule has 1 aromatic carbocycles. The summed E-state index contributed by atoms with van der Waals surface area (Å²) >= 11 is 6.00. The number of carbonyl (C=O) groups is 2. The minimum absolute atomic E-state index is 0.351. The number of amides is 3. The van der Waals surface area contributed by atoms with Crippen molar-refractivity contribution in [1.82, 2.24) is 19.7 Å². The zero-order valence-corrected chi connectivity index (χ0v) is 23.8. The van der Waals surface area contributed by atoms with E-state index in [1.54, 1.807) is 11.1 Å². The first-order valence-electron chi connectivity index (χ1n) is 14.4. The summed E-state index contributed by atoms with van der Waals surface area (Å²) in [6, 6.07) is 7.36. The average molecular weight is 559 g/mol. The first kappa shape index (κ1) is 29.4. The van der Waals surface area contributed by atoms with Crippen molar-refractivity contribution in [2.24, 2.45) is 5.73 Å². The van der Waals surface area contributed by atoms with Gasteiger partial charge >= 0.3 is 6.03 Å². The van der Waals surface area contributed by atoms with Gasteiger partial charge in [-0.05, 0) is 43.5 Å². The number of carbonyl (C=O) groups excluding carboxylic acids is 2. The van der Waals surface area contributed by atoms with Crippen LogP contribution in [-0.4, -0.2) is 104 Å². The van der Waals surface area contributed by atoms with E-state index >= 15 is 0 Å². The lowest BCUT2D eigenvalue weighted by Gasteiger charge is -2.35. The Balaban J connectivity index is 0.000000181. The van der Waals surface area contributed by atoms with Crippen LogP contribution in [0.3, 0.4) is 0 Å². The fourth-order valence-electron chi connectivity index (χ4n) is 5.49. The van der Waals surface area contributed by atoms with E-state index < -0.39 is 0 Å². The van der Waals surface area contributed by atoms with Gasteiger partial charge in [0.15, 0.2) is 0 Å². The summed E-state index contributed by atoms with van der Waals surface area (Å²) in [5.74, 6) is 0.379. The van der Waals surface area contributed by atoms with Crippen LogP contribution in [0.25, 0.3) is 10.9 Å². The average Bonchev–Trinajstić information content (AvgIpc) is 3.05. The van der Waals surface area contributed by atoms with Gasteiger partial charge in [0.1, 0.15) is 0 Å². The van der Waals surface area contributed by atoms with Crippen LogP contribution in [0.1, 0.15) is 44.9 Å². The van der Waals surface area contributed by atoms with Gasteiger partial charge in [-0.1, -0.05) is 30.9 Å². The third-order valence-electron chi connectivity index (χ3n) is 7.79. The largest absolute Gasteiger partial charge is 0.379 e. The molecule has 0 unspecified atom stereocenters. The van der Waals surface area contributed by atoms with Gasteiger partial charge in [0.05, 0.1) is 18.7 Å². The van der Waals surface area contributed by atoms with Crippen LogP contribution in [0.15, 0.2) is 30.5 Å². The Morgan fingerprint density at radius 1 is 0.923 bits per heavy atom. The Morgan fingerprint density at radius 3 is 2.44 bits per heavy atom. The molecule has 0 spiro atoms. The molecular formula is C29H43ClN6O3.